The average Bonchev–Trinajstić information content (AvgIpc) is 2.45. The number of hydrogen-bond donors (Lipinski definition) is 2. The van der Waals surface area contributed by atoms with Crippen molar-refractivity contribution in [1.82, 2.24) is 10.6 Å². The third-order valence-electron chi connectivity index (χ3n) is 4.30. The molecule has 2 atom stereocenters. The molecule has 2 unspecified atom stereocenters. The standard InChI is InChI=1S/C18H37N3O/c1-14(2)9-7-11-20-17(19-6)21-13-15-10-8-12-22-16(15)18(3,4)5/h14-16H,7-13H2,1-6H3,(H2,19,20,21). The summed E-state index contributed by atoms with van der Waals surface area (Å²) in [4.78, 5) is 4.33. The Hall–Kier alpha value is -0.770. The molecule has 0 radical (unpaired) electrons. The molecule has 1 saturated heterocycles. The van der Waals surface area contributed by atoms with Crippen molar-refractivity contribution in [2.45, 2.75) is 66.4 Å². The summed E-state index contributed by atoms with van der Waals surface area (Å²) in [5, 5.41) is 6.90. The third kappa shape index (κ3) is 6.99. The Balaban J connectivity index is 2.38. The molecular formula is C18H37N3O. The summed E-state index contributed by atoms with van der Waals surface area (Å²) >= 11 is 0. The van der Waals surface area contributed by atoms with Gasteiger partial charge in [0.25, 0.3) is 0 Å². The molecule has 4 heteroatoms. The van der Waals surface area contributed by atoms with Crippen LogP contribution in [0.4, 0.5) is 0 Å². The van der Waals surface area contributed by atoms with Crippen molar-refractivity contribution in [3.63, 3.8) is 0 Å². The van der Waals surface area contributed by atoms with Crippen LogP contribution < -0.4 is 10.6 Å². The predicted octanol–water partition coefficient (Wildman–Crippen LogP) is 3.43. The number of aliphatic imine (C=N–C) groups is 1. The van der Waals surface area contributed by atoms with Gasteiger partial charge in [-0.15, -0.1) is 0 Å². The van der Waals surface area contributed by atoms with Crippen LogP contribution >= 0.6 is 0 Å². The summed E-state index contributed by atoms with van der Waals surface area (Å²) in [7, 11) is 1.84. The first kappa shape index (κ1) is 19.3. The zero-order valence-electron chi connectivity index (χ0n) is 15.5. The van der Waals surface area contributed by atoms with Gasteiger partial charge in [-0.3, -0.25) is 4.99 Å². The van der Waals surface area contributed by atoms with E-state index >= 15 is 0 Å². The lowest BCUT2D eigenvalue weighted by molar-refractivity contribution is -0.0835. The van der Waals surface area contributed by atoms with Crippen molar-refractivity contribution in [3.05, 3.63) is 0 Å². The van der Waals surface area contributed by atoms with Crippen molar-refractivity contribution in [2.75, 3.05) is 26.7 Å². The van der Waals surface area contributed by atoms with Crippen molar-refractivity contribution in [2.24, 2.45) is 22.2 Å². The molecule has 0 amide bonds. The highest BCUT2D eigenvalue weighted by molar-refractivity contribution is 5.79. The zero-order chi connectivity index (χ0) is 16.6. The van der Waals surface area contributed by atoms with E-state index in [0.29, 0.717) is 12.0 Å². The summed E-state index contributed by atoms with van der Waals surface area (Å²) < 4.78 is 6.05. The minimum Gasteiger partial charge on any atom is -0.377 e. The SMILES string of the molecule is CN=C(NCCCC(C)C)NCC1CCCOC1C(C)(C)C. The maximum atomic E-state index is 6.05. The van der Waals surface area contributed by atoms with Crippen LogP contribution in [0.5, 0.6) is 0 Å². The van der Waals surface area contributed by atoms with Crippen LogP contribution in [0.25, 0.3) is 0 Å². The fraction of sp³-hybridized carbons (Fsp3) is 0.944. The second-order valence-electron chi connectivity index (χ2n) is 7.98. The van der Waals surface area contributed by atoms with E-state index in [1.54, 1.807) is 0 Å². The molecule has 1 fully saturated rings. The highest BCUT2D eigenvalue weighted by Crippen LogP contribution is 2.33. The van der Waals surface area contributed by atoms with Gasteiger partial charge in [-0.1, -0.05) is 34.6 Å². The second kappa shape index (κ2) is 9.39. The first-order valence-corrected chi connectivity index (χ1v) is 8.90. The highest BCUT2D eigenvalue weighted by Gasteiger charge is 2.35. The molecule has 1 aliphatic heterocycles. The molecule has 0 aromatic rings. The third-order valence-corrected chi connectivity index (χ3v) is 4.30. The van der Waals surface area contributed by atoms with Gasteiger partial charge in [0.1, 0.15) is 0 Å². The van der Waals surface area contributed by atoms with E-state index in [0.717, 1.165) is 31.6 Å². The lowest BCUT2D eigenvalue weighted by Crippen LogP contribution is -2.47. The minimum atomic E-state index is 0.195. The van der Waals surface area contributed by atoms with E-state index in [9.17, 15) is 0 Å². The second-order valence-corrected chi connectivity index (χ2v) is 7.98. The van der Waals surface area contributed by atoms with Crippen LogP contribution in [0.2, 0.25) is 0 Å². The van der Waals surface area contributed by atoms with Crippen LogP contribution in [0, 0.1) is 17.3 Å². The van der Waals surface area contributed by atoms with Crippen LogP contribution in [0.3, 0.4) is 0 Å². The van der Waals surface area contributed by atoms with Crippen LogP contribution in [-0.4, -0.2) is 38.8 Å². The molecule has 1 aliphatic rings. The monoisotopic (exact) mass is 311 g/mol. The maximum absolute atomic E-state index is 6.05. The van der Waals surface area contributed by atoms with E-state index in [-0.39, 0.29) is 5.41 Å². The molecular weight excluding hydrogens is 274 g/mol. The summed E-state index contributed by atoms with van der Waals surface area (Å²) in [6, 6.07) is 0. The number of hydrogen-bond acceptors (Lipinski definition) is 2. The number of nitrogens with zero attached hydrogens (tertiary/aromatic N) is 1. The molecule has 4 nitrogen and oxygen atoms in total. The van der Waals surface area contributed by atoms with Gasteiger partial charge in [0.05, 0.1) is 6.10 Å². The Bertz CT molecular complexity index is 334. The van der Waals surface area contributed by atoms with E-state index in [1.807, 2.05) is 7.05 Å². The van der Waals surface area contributed by atoms with E-state index in [2.05, 4.69) is 50.2 Å². The summed E-state index contributed by atoms with van der Waals surface area (Å²) in [5.74, 6) is 2.24. The maximum Gasteiger partial charge on any atom is 0.190 e. The fourth-order valence-corrected chi connectivity index (χ4v) is 3.17. The van der Waals surface area contributed by atoms with Crippen molar-refractivity contribution < 1.29 is 4.74 Å². The van der Waals surface area contributed by atoms with E-state index in [4.69, 9.17) is 4.74 Å². The summed E-state index contributed by atoms with van der Waals surface area (Å²) in [5.41, 5.74) is 0.195. The van der Waals surface area contributed by atoms with Gasteiger partial charge in [-0.25, -0.2) is 0 Å². The normalized spacial score (nSPS) is 23.7. The largest absolute Gasteiger partial charge is 0.377 e. The molecule has 0 aromatic carbocycles. The molecule has 130 valence electrons. The zero-order valence-corrected chi connectivity index (χ0v) is 15.5. The van der Waals surface area contributed by atoms with Gasteiger partial charge in [-0.2, -0.15) is 0 Å². The van der Waals surface area contributed by atoms with Crippen molar-refractivity contribution in [3.8, 4) is 0 Å². The molecule has 0 spiro atoms. The molecule has 22 heavy (non-hydrogen) atoms. The van der Waals surface area contributed by atoms with Gasteiger partial charge in [0, 0.05) is 32.7 Å². The smallest absolute Gasteiger partial charge is 0.190 e. The van der Waals surface area contributed by atoms with Crippen molar-refractivity contribution in [1.29, 1.82) is 0 Å². The Kier molecular flexibility index (Phi) is 8.23. The van der Waals surface area contributed by atoms with Crippen LogP contribution in [-0.2, 0) is 4.74 Å². The number of nitrogens with one attached hydrogen (secondary N) is 2. The molecule has 1 heterocycles. The summed E-state index contributed by atoms with van der Waals surface area (Å²) in [6.07, 6.45) is 5.17. The van der Waals surface area contributed by atoms with Gasteiger partial charge in [0.15, 0.2) is 5.96 Å². The van der Waals surface area contributed by atoms with Crippen LogP contribution in [0.1, 0.15) is 60.3 Å². The van der Waals surface area contributed by atoms with Gasteiger partial charge < -0.3 is 15.4 Å². The first-order valence-electron chi connectivity index (χ1n) is 8.90. The van der Waals surface area contributed by atoms with E-state index < -0.39 is 0 Å². The highest BCUT2D eigenvalue weighted by atomic mass is 16.5. The fourth-order valence-electron chi connectivity index (χ4n) is 3.17. The Morgan fingerprint density at radius 3 is 2.59 bits per heavy atom. The first-order chi connectivity index (χ1) is 10.3. The predicted molar refractivity (Wildman–Crippen MR) is 95.4 cm³/mol. The number of ether oxygens (including phenoxy) is 1. The van der Waals surface area contributed by atoms with E-state index in [1.165, 1.54) is 25.7 Å². The molecule has 0 aromatic heterocycles. The summed E-state index contributed by atoms with van der Waals surface area (Å²) in [6.45, 7) is 14.2. The molecule has 0 aliphatic carbocycles. The van der Waals surface area contributed by atoms with Gasteiger partial charge in [0.2, 0.25) is 0 Å². The Morgan fingerprint density at radius 1 is 1.27 bits per heavy atom. The number of guanidine groups is 1. The average molecular weight is 312 g/mol. The quantitative estimate of drug-likeness (QED) is 0.449. The Morgan fingerprint density at radius 2 is 2.00 bits per heavy atom. The topological polar surface area (TPSA) is 45.7 Å². The number of rotatable bonds is 6. The minimum absolute atomic E-state index is 0.195. The molecule has 0 bridgehead atoms. The van der Waals surface area contributed by atoms with Gasteiger partial charge in [-0.05, 0) is 37.0 Å². The van der Waals surface area contributed by atoms with Crippen LogP contribution in [0.15, 0.2) is 4.99 Å². The van der Waals surface area contributed by atoms with Gasteiger partial charge >= 0.3 is 0 Å². The Labute approximate surface area is 137 Å². The molecule has 2 N–H and O–H groups in total. The molecule has 1 rings (SSSR count). The lowest BCUT2D eigenvalue weighted by atomic mass is 9.78. The molecule has 0 saturated carbocycles. The lowest BCUT2D eigenvalue weighted by Gasteiger charge is -2.40. The van der Waals surface area contributed by atoms with Crippen molar-refractivity contribution >= 4 is 5.96 Å².